The average molecular weight is 1270 g/mol. The number of guanidine groups is 8. The lowest BCUT2D eigenvalue weighted by Crippen LogP contribution is -2.60. The summed E-state index contributed by atoms with van der Waals surface area (Å²) in [6, 6.07) is -9.70. The molecular weight excluding hydrogens is 1160 g/mol. The first kappa shape index (κ1) is 78.9. The van der Waals surface area contributed by atoms with Crippen molar-refractivity contribution in [2.24, 2.45) is 143 Å². The van der Waals surface area contributed by atoms with Gasteiger partial charge < -0.3 is 135 Å². The first-order valence-electron chi connectivity index (χ1n) is 28.8. The van der Waals surface area contributed by atoms with Crippen molar-refractivity contribution in [3.05, 3.63) is 0 Å². The Hall–Kier alpha value is -10.1. The van der Waals surface area contributed by atoms with Crippen molar-refractivity contribution in [3.8, 4) is 0 Å². The molecule has 8 amide bonds. The molecule has 0 saturated carbocycles. The summed E-state index contributed by atoms with van der Waals surface area (Å²) in [5, 5.41) is 18.6. The SMILES string of the molecule is C[C@@H](CCCN=C(N)N)C(=O)N[C@@H](CCCN=C(N)N)C(=O)N[C@@H](CCCN=C(N)N)C(=O)N[C@@H](CCCN=C(N)N)C(=O)N[C@@H](CCCN=C(N)N)C(=O)N[C@@H](CCCN=C(N)N)C(=O)N[C@@H](CCCN=C(N)N)C(=O)N[C@@H](CCCN=C(N)N)C(N)=O. The fourth-order valence-electron chi connectivity index (χ4n) is 8.11. The number of nitrogens with zero attached hydrogens (tertiary/aromatic N) is 8. The van der Waals surface area contributed by atoms with Gasteiger partial charge in [-0.25, -0.2) is 0 Å². The number of nitrogens with two attached hydrogens (primary N) is 17. The Bertz CT molecular complexity index is 2470. The molecule has 0 spiro atoms. The molecule has 40 heteroatoms. The van der Waals surface area contributed by atoms with Crippen molar-refractivity contribution in [1.82, 2.24) is 37.2 Å². The molecule has 0 aromatic rings. The van der Waals surface area contributed by atoms with Crippen molar-refractivity contribution in [2.45, 2.75) is 152 Å². The third kappa shape index (κ3) is 40.0. The molecule has 0 aliphatic heterocycles. The van der Waals surface area contributed by atoms with E-state index in [2.05, 4.69) is 77.2 Å². The molecule has 0 rings (SSSR count). The van der Waals surface area contributed by atoms with Gasteiger partial charge in [-0.3, -0.25) is 78.3 Å². The van der Waals surface area contributed by atoms with Crippen molar-refractivity contribution in [1.29, 1.82) is 0 Å². The van der Waals surface area contributed by atoms with Gasteiger partial charge in [-0.1, -0.05) is 6.92 Å². The smallest absolute Gasteiger partial charge is 0.243 e. The van der Waals surface area contributed by atoms with Gasteiger partial charge >= 0.3 is 0 Å². The lowest BCUT2D eigenvalue weighted by Gasteiger charge is -2.28. The summed E-state index contributed by atoms with van der Waals surface area (Å²) in [4.78, 5) is 144. The molecule has 8 atom stereocenters. The van der Waals surface area contributed by atoms with Crippen molar-refractivity contribution >= 4 is 94.9 Å². The largest absolute Gasteiger partial charge is 0.370 e. The molecule has 0 aliphatic carbocycles. The molecule has 0 aliphatic rings. The lowest BCUT2D eigenvalue weighted by atomic mass is 10.0. The molecule has 89 heavy (non-hydrogen) atoms. The van der Waals surface area contributed by atoms with E-state index in [1.54, 1.807) is 6.92 Å². The molecule has 0 heterocycles. The van der Waals surface area contributed by atoms with E-state index < -0.39 is 95.5 Å². The zero-order valence-corrected chi connectivity index (χ0v) is 50.7. The van der Waals surface area contributed by atoms with Crippen LogP contribution >= 0.6 is 0 Å². The summed E-state index contributed by atoms with van der Waals surface area (Å²) in [5.74, 6) is -9.07. The van der Waals surface area contributed by atoms with E-state index in [-0.39, 0.29) is 190 Å². The van der Waals surface area contributed by atoms with Crippen LogP contribution in [-0.2, 0) is 38.4 Å². The van der Waals surface area contributed by atoms with E-state index in [0.29, 0.717) is 12.8 Å². The van der Waals surface area contributed by atoms with Crippen LogP contribution in [0.1, 0.15) is 110 Å². The lowest BCUT2D eigenvalue weighted by molar-refractivity contribution is -0.136. The van der Waals surface area contributed by atoms with Crippen LogP contribution in [-0.4, -0.2) is 190 Å². The van der Waals surface area contributed by atoms with E-state index in [1.165, 1.54) is 0 Å². The van der Waals surface area contributed by atoms with Crippen LogP contribution < -0.4 is 135 Å². The Morgan fingerprint density at radius 2 is 0.382 bits per heavy atom. The van der Waals surface area contributed by atoms with E-state index in [9.17, 15) is 38.4 Å². The van der Waals surface area contributed by atoms with Crippen LogP contribution in [0.2, 0.25) is 0 Å². The van der Waals surface area contributed by atoms with Crippen LogP contribution in [0.25, 0.3) is 0 Å². The highest BCUT2D eigenvalue weighted by atomic mass is 16.2. The molecule has 0 aromatic carbocycles. The van der Waals surface area contributed by atoms with Crippen LogP contribution in [0.4, 0.5) is 0 Å². The maximum atomic E-state index is 14.7. The van der Waals surface area contributed by atoms with Gasteiger partial charge in [0.15, 0.2) is 47.7 Å². The molecule has 0 radical (unpaired) electrons. The highest BCUT2D eigenvalue weighted by molar-refractivity contribution is 5.98. The Kier molecular flexibility index (Phi) is 40.1. The van der Waals surface area contributed by atoms with Crippen LogP contribution in [0.15, 0.2) is 39.9 Å². The second kappa shape index (κ2) is 45.3. The fourth-order valence-corrected chi connectivity index (χ4v) is 8.11. The van der Waals surface area contributed by atoms with Gasteiger partial charge in [0, 0.05) is 58.3 Å². The molecule has 41 N–H and O–H groups in total. The molecule has 0 unspecified atom stereocenters. The molecular formula is C49H100N32O8. The van der Waals surface area contributed by atoms with Gasteiger partial charge in [0.05, 0.1) is 0 Å². The minimum absolute atomic E-state index is 0.0102. The third-order valence-corrected chi connectivity index (χ3v) is 12.6. The molecule has 504 valence electrons. The van der Waals surface area contributed by atoms with E-state index >= 15 is 0 Å². The maximum Gasteiger partial charge on any atom is 0.243 e. The fraction of sp³-hybridized carbons (Fsp3) is 0.673. The minimum atomic E-state index is -1.50. The van der Waals surface area contributed by atoms with Crippen LogP contribution in [0.3, 0.4) is 0 Å². The number of aliphatic imine (C=N–C) groups is 8. The van der Waals surface area contributed by atoms with Crippen LogP contribution in [0.5, 0.6) is 0 Å². The van der Waals surface area contributed by atoms with Gasteiger partial charge in [-0.15, -0.1) is 0 Å². The third-order valence-electron chi connectivity index (χ3n) is 12.6. The second-order valence-corrected chi connectivity index (χ2v) is 20.3. The summed E-state index contributed by atoms with van der Waals surface area (Å²) in [5.41, 5.74) is 93.9. The summed E-state index contributed by atoms with van der Waals surface area (Å²) in [7, 11) is 0. The number of primary amides is 1. The van der Waals surface area contributed by atoms with Gasteiger partial charge in [0.25, 0.3) is 0 Å². The van der Waals surface area contributed by atoms with Crippen LogP contribution in [0, 0.1) is 5.92 Å². The van der Waals surface area contributed by atoms with Crippen molar-refractivity contribution in [2.75, 3.05) is 52.4 Å². The Labute approximate surface area is 516 Å². The zero-order valence-electron chi connectivity index (χ0n) is 50.7. The predicted molar refractivity (Wildman–Crippen MR) is 341 cm³/mol. The monoisotopic (exact) mass is 1260 g/mol. The Morgan fingerprint density at radius 1 is 0.236 bits per heavy atom. The normalized spacial score (nSPS) is 13.3. The number of hydrogen-bond donors (Lipinski definition) is 24. The predicted octanol–water partition coefficient (Wildman–Crippen LogP) is -11.1. The summed E-state index contributed by atoms with van der Waals surface area (Å²) in [6.45, 7) is 2.06. The number of carbonyl (C=O) groups is 8. The van der Waals surface area contributed by atoms with E-state index in [1.807, 2.05) is 0 Å². The highest BCUT2D eigenvalue weighted by Crippen LogP contribution is 2.12. The van der Waals surface area contributed by atoms with Crippen molar-refractivity contribution in [3.63, 3.8) is 0 Å². The second-order valence-electron chi connectivity index (χ2n) is 20.3. The highest BCUT2D eigenvalue weighted by Gasteiger charge is 2.34. The van der Waals surface area contributed by atoms with Gasteiger partial charge in [-0.05, 0) is 103 Å². The average Bonchev–Trinajstić information content (AvgIpc) is 2.21. The van der Waals surface area contributed by atoms with E-state index in [0.717, 1.165) is 0 Å². The number of carbonyl (C=O) groups excluding carboxylic acids is 8. The Balaban J connectivity index is 7.48. The Morgan fingerprint density at radius 3 is 0.551 bits per heavy atom. The molecule has 0 aromatic heterocycles. The van der Waals surface area contributed by atoms with Crippen molar-refractivity contribution < 1.29 is 38.4 Å². The van der Waals surface area contributed by atoms with Gasteiger partial charge in [0.1, 0.15) is 42.3 Å². The molecule has 0 bridgehead atoms. The first-order chi connectivity index (χ1) is 41.9. The number of hydrogen-bond acceptors (Lipinski definition) is 16. The zero-order chi connectivity index (χ0) is 67.4. The summed E-state index contributed by atoms with van der Waals surface area (Å²) < 4.78 is 0. The van der Waals surface area contributed by atoms with Gasteiger partial charge in [0.2, 0.25) is 47.3 Å². The molecule has 0 fully saturated rings. The maximum absolute atomic E-state index is 14.7. The number of nitrogens with one attached hydrogen (secondary N) is 7. The molecule has 40 nitrogen and oxygen atoms in total. The summed E-state index contributed by atoms with van der Waals surface area (Å²) in [6.07, 6.45) is 1.02. The minimum Gasteiger partial charge on any atom is -0.370 e. The molecule has 0 saturated heterocycles. The standard InChI is InChI=1S/C49H100N32O8/c1-26(10-2-18-67-42(51)52)35(83)76-28(12-4-20-69-44(55)56)37(85)78-30(14-6-22-71-46(59)60)39(87)80-32(16-8-24-73-48(63)64)41(89)81-33(17-9-25-74-49(65)66)40(88)79-31(15-7-23-72-47(61)62)38(86)77-29(13-5-21-70-45(57)58)36(84)75-27(34(50)82)11-3-19-68-43(53)54/h26-33H,2-25H2,1H3,(H2,50,82)(H,75,84)(H,76,83)(H,77,86)(H,78,85)(H,79,88)(H,80,87)(H,81,89)(H4,51,52,67)(H4,53,54,68)(H4,55,56,69)(H4,57,58,70)(H4,59,60,71)(H4,61,62,72)(H4,63,64,73)(H4,65,66,74)/t26-,27-,28-,29-,30-,31-,32-,33-/m0/s1. The quantitative estimate of drug-likeness (QED) is 0.0153. The first-order valence-corrected chi connectivity index (χ1v) is 28.8. The van der Waals surface area contributed by atoms with Gasteiger partial charge in [-0.2, -0.15) is 0 Å². The number of rotatable bonds is 47. The topological polar surface area (TPSA) is 762 Å². The van der Waals surface area contributed by atoms with E-state index in [4.69, 9.17) is 97.5 Å². The summed E-state index contributed by atoms with van der Waals surface area (Å²) >= 11 is 0. The number of amides is 8.